The van der Waals surface area contributed by atoms with Gasteiger partial charge in [-0.1, -0.05) is 0 Å². The highest BCUT2D eigenvalue weighted by molar-refractivity contribution is 5.89. The summed E-state index contributed by atoms with van der Waals surface area (Å²) in [5, 5.41) is 3.21. The molecule has 1 saturated heterocycles. The number of esters is 1. The Balaban J connectivity index is 2.07. The second kappa shape index (κ2) is 3.58. The number of ether oxygens (including phenoxy) is 1. The minimum absolute atomic E-state index is 0.263. The van der Waals surface area contributed by atoms with E-state index in [1.54, 1.807) is 0 Å². The van der Waals surface area contributed by atoms with Crippen molar-refractivity contribution in [2.24, 2.45) is 0 Å². The number of halogens is 1. The third kappa shape index (κ3) is 1.51. The Morgan fingerprint density at radius 1 is 1.71 bits per heavy atom. The molecule has 6 heteroatoms. The number of fused-ring (bicyclic) bond motifs is 4. The van der Waals surface area contributed by atoms with E-state index >= 15 is 0 Å². The summed E-state index contributed by atoms with van der Waals surface area (Å²) < 4.78 is 18.2. The number of nitrogens with zero attached hydrogens (tertiary/aromatic N) is 2. The van der Waals surface area contributed by atoms with Gasteiger partial charge < -0.3 is 15.0 Å². The molecule has 90 valence electrons. The molecule has 1 atom stereocenters. The van der Waals surface area contributed by atoms with E-state index in [1.807, 2.05) is 0 Å². The first-order valence-corrected chi connectivity index (χ1v) is 5.49. The zero-order valence-electron chi connectivity index (χ0n) is 9.36. The lowest BCUT2D eigenvalue weighted by molar-refractivity contribution is 0.0588. The molecule has 2 aliphatic heterocycles. The van der Waals surface area contributed by atoms with Crippen molar-refractivity contribution in [1.82, 2.24) is 4.98 Å². The number of rotatable bonds is 1. The van der Waals surface area contributed by atoms with Gasteiger partial charge in [-0.05, 0) is 6.42 Å². The molecule has 0 amide bonds. The van der Waals surface area contributed by atoms with E-state index in [0.29, 0.717) is 11.9 Å². The van der Waals surface area contributed by atoms with Crippen molar-refractivity contribution in [2.75, 3.05) is 30.4 Å². The maximum Gasteiger partial charge on any atom is 0.359 e. The van der Waals surface area contributed by atoms with Crippen LogP contribution in [-0.2, 0) is 4.74 Å². The van der Waals surface area contributed by atoms with Crippen LogP contribution in [0, 0.1) is 5.82 Å². The number of aromatic nitrogens is 1. The van der Waals surface area contributed by atoms with Crippen molar-refractivity contribution < 1.29 is 13.9 Å². The van der Waals surface area contributed by atoms with E-state index in [4.69, 9.17) is 0 Å². The molecule has 1 aromatic rings. The van der Waals surface area contributed by atoms with E-state index in [1.165, 1.54) is 13.2 Å². The van der Waals surface area contributed by atoms with Crippen molar-refractivity contribution in [3.63, 3.8) is 0 Å². The number of methoxy groups -OCH3 is 1. The molecule has 1 fully saturated rings. The van der Waals surface area contributed by atoms with Crippen LogP contribution in [0.1, 0.15) is 16.9 Å². The van der Waals surface area contributed by atoms with Crippen LogP contribution in [0.2, 0.25) is 0 Å². The third-order valence-electron chi connectivity index (χ3n) is 3.20. The summed E-state index contributed by atoms with van der Waals surface area (Å²) in [7, 11) is 1.21. The van der Waals surface area contributed by atoms with Crippen LogP contribution in [0.3, 0.4) is 0 Å². The summed E-state index contributed by atoms with van der Waals surface area (Å²) >= 11 is 0. The minimum atomic E-state index is -0.750. The molecule has 1 N–H and O–H groups in total. The normalized spacial score (nSPS) is 20.8. The lowest BCUT2D eigenvalue weighted by atomic mass is 10.2. The van der Waals surface area contributed by atoms with Crippen LogP contribution < -0.4 is 10.2 Å². The molecule has 5 nitrogen and oxygen atoms in total. The molecule has 2 aliphatic rings. The molecule has 0 saturated carbocycles. The zero-order valence-corrected chi connectivity index (χ0v) is 9.36. The number of nitrogens with one attached hydrogen (secondary N) is 1. The Kier molecular flexibility index (Phi) is 2.17. The van der Waals surface area contributed by atoms with Crippen LogP contribution in [0.25, 0.3) is 0 Å². The Bertz CT molecular complexity index is 492. The maximum atomic E-state index is 13.7. The fourth-order valence-corrected chi connectivity index (χ4v) is 2.36. The highest BCUT2D eigenvalue weighted by atomic mass is 19.1. The summed E-state index contributed by atoms with van der Waals surface area (Å²) in [6.45, 7) is 1.76. The van der Waals surface area contributed by atoms with E-state index < -0.39 is 11.8 Å². The first-order valence-electron chi connectivity index (χ1n) is 5.49. The molecule has 3 heterocycles. The van der Waals surface area contributed by atoms with E-state index in [2.05, 4.69) is 19.9 Å². The monoisotopic (exact) mass is 237 g/mol. The van der Waals surface area contributed by atoms with Crippen molar-refractivity contribution in [1.29, 1.82) is 0 Å². The Morgan fingerprint density at radius 2 is 2.53 bits per heavy atom. The van der Waals surface area contributed by atoms with Gasteiger partial charge in [0, 0.05) is 25.2 Å². The molecule has 1 aromatic heterocycles. The van der Waals surface area contributed by atoms with Crippen LogP contribution in [0.4, 0.5) is 15.9 Å². The fraction of sp³-hybridized carbons (Fsp3) is 0.455. The molecule has 0 radical (unpaired) electrons. The number of hydrogen-bond acceptors (Lipinski definition) is 5. The fourth-order valence-electron chi connectivity index (χ4n) is 2.36. The highest BCUT2D eigenvalue weighted by Gasteiger charge is 2.32. The minimum Gasteiger partial charge on any atom is -0.464 e. The summed E-state index contributed by atoms with van der Waals surface area (Å²) in [6.07, 6.45) is 1.01. The van der Waals surface area contributed by atoms with Crippen LogP contribution in [-0.4, -0.2) is 37.2 Å². The Hall–Kier alpha value is -1.85. The number of anilines is 2. The average Bonchev–Trinajstić information content (AvgIpc) is 2.72. The van der Waals surface area contributed by atoms with Crippen molar-refractivity contribution in [3.8, 4) is 0 Å². The third-order valence-corrected chi connectivity index (χ3v) is 3.20. The second-order valence-electron chi connectivity index (χ2n) is 4.25. The summed E-state index contributed by atoms with van der Waals surface area (Å²) in [4.78, 5) is 17.4. The topological polar surface area (TPSA) is 54.5 Å². The van der Waals surface area contributed by atoms with Crippen LogP contribution in [0.5, 0.6) is 0 Å². The molecular weight excluding hydrogens is 225 g/mol. The van der Waals surface area contributed by atoms with Gasteiger partial charge in [0.25, 0.3) is 0 Å². The molecule has 2 bridgehead atoms. The first kappa shape index (κ1) is 10.3. The van der Waals surface area contributed by atoms with Gasteiger partial charge in [0.1, 0.15) is 0 Å². The van der Waals surface area contributed by atoms with E-state index in [-0.39, 0.29) is 5.69 Å². The molecule has 0 unspecified atom stereocenters. The molecule has 3 rings (SSSR count). The largest absolute Gasteiger partial charge is 0.464 e. The lowest BCUT2D eigenvalue weighted by Gasteiger charge is -2.27. The van der Waals surface area contributed by atoms with Gasteiger partial charge in [-0.2, -0.15) is 0 Å². The summed E-state index contributed by atoms with van der Waals surface area (Å²) in [5.41, 5.74) is 0.463. The van der Waals surface area contributed by atoms with E-state index in [0.717, 1.165) is 25.2 Å². The van der Waals surface area contributed by atoms with Gasteiger partial charge in [-0.25, -0.2) is 14.2 Å². The maximum absolute atomic E-state index is 13.7. The van der Waals surface area contributed by atoms with Crippen molar-refractivity contribution >= 4 is 17.5 Å². The van der Waals surface area contributed by atoms with Crippen molar-refractivity contribution in [2.45, 2.75) is 12.5 Å². The molecule has 17 heavy (non-hydrogen) atoms. The first-order chi connectivity index (χ1) is 8.19. The van der Waals surface area contributed by atoms with Gasteiger partial charge >= 0.3 is 5.97 Å². The van der Waals surface area contributed by atoms with Gasteiger partial charge in [0.2, 0.25) is 0 Å². The predicted molar refractivity (Wildman–Crippen MR) is 59.8 cm³/mol. The predicted octanol–water partition coefficient (Wildman–Crippen LogP) is 1.01. The summed E-state index contributed by atoms with van der Waals surface area (Å²) in [5.74, 6) is -0.816. The molecule has 0 spiro atoms. The van der Waals surface area contributed by atoms with Gasteiger partial charge in [0.05, 0.1) is 12.8 Å². The number of carbonyl (C=O) groups is 1. The Morgan fingerprint density at radius 3 is 3.29 bits per heavy atom. The lowest BCUT2D eigenvalue weighted by Crippen LogP contribution is -2.33. The smallest absolute Gasteiger partial charge is 0.359 e. The van der Waals surface area contributed by atoms with Gasteiger partial charge in [0.15, 0.2) is 17.3 Å². The SMILES string of the molecule is COC(=O)c1nc2c(cc1F)N1CC[C@H](C1)N2. The number of carbonyl (C=O) groups excluding carboxylic acids is 1. The standard InChI is InChI=1S/C11H12FN3O2/c1-17-11(16)9-7(12)4-8-10(14-9)13-6-2-3-15(8)5-6/h4,6H,2-3,5H2,1H3,(H,13,14)/t6-/m1/s1. The number of hydrogen-bond donors (Lipinski definition) is 1. The molecule has 0 aromatic carbocycles. The molecule has 0 aliphatic carbocycles. The highest BCUT2D eigenvalue weighted by Crippen LogP contribution is 2.35. The van der Waals surface area contributed by atoms with Crippen molar-refractivity contribution in [3.05, 3.63) is 17.6 Å². The zero-order chi connectivity index (χ0) is 12.0. The van der Waals surface area contributed by atoms with E-state index in [9.17, 15) is 9.18 Å². The van der Waals surface area contributed by atoms with Gasteiger partial charge in [-0.3, -0.25) is 0 Å². The van der Waals surface area contributed by atoms with Gasteiger partial charge in [-0.15, -0.1) is 0 Å². The van der Waals surface area contributed by atoms with Crippen LogP contribution in [0.15, 0.2) is 6.07 Å². The number of pyridine rings is 1. The quantitative estimate of drug-likeness (QED) is 0.739. The van der Waals surface area contributed by atoms with Crippen LogP contribution >= 0.6 is 0 Å². The average molecular weight is 237 g/mol. The summed E-state index contributed by atoms with van der Waals surface area (Å²) in [6, 6.07) is 1.69. The molecular formula is C11H12FN3O2. The second-order valence-corrected chi connectivity index (χ2v) is 4.25. The Labute approximate surface area is 97.6 Å².